The Bertz CT molecular complexity index is 1980. The number of aromatic hydroxyl groups is 1. The van der Waals surface area contributed by atoms with Gasteiger partial charge in [-0.05, 0) is 12.5 Å². The summed E-state index contributed by atoms with van der Waals surface area (Å²) in [5.74, 6) is -6.12. The first-order chi connectivity index (χ1) is 21.6. The number of carbonyl (C=O) groups excluding carboxylic acids is 2. The van der Waals surface area contributed by atoms with E-state index in [1.54, 1.807) is 0 Å². The number of fused-ring (bicyclic) bond motifs is 3. The number of aryl methyl sites for hydroxylation is 1. The zero-order valence-corrected chi connectivity index (χ0v) is 24.5. The number of aromatic nitrogens is 4. The van der Waals surface area contributed by atoms with Gasteiger partial charge in [-0.15, -0.1) is 0 Å². The van der Waals surface area contributed by atoms with E-state index in [2.05, 4.69) is 15.3 Å². The van der Waals surface area contributed by atoms with Gasteiger partial charge in [0.15, 0.2) is 11.6 Å². The van der Waals surface area contributed by atoms with Crippen LogP contribution in [-0.2, 0) is 18.4 Å². The molecule has 3 aromatic heterocycles. The minimum absolute atomic E-state index is 0.0697. The first-order valence-electron chi connectivity index (χ1n) is 13.7. The summed E-state index contributed by atoms with van der Waals surface area (Å²) < 4.78 is 70.7. The molecule has 2 saturated heterocycles. The molecule has 12 nitrogen and oxygen atoms in total. The molecule has 1 aromatic carbocycles. The molecule has 4 aromatic rings. The number of hydrogen-bond acceptors (Lipinski definition) is 8. The fourth-order valence-electron chi connectivity index (χ4n) is 6.07. The highest BCUT2D eigenvalue weighted by molar-refractivity contribution is 6.33. The van der Waals surface area contributed by atoms with Crippen LogP contribution in [0.25, 0.3) is 22.2 Å². The van der Waals surface area contributed by atoms with E-state index in [-0.39, 0.29) is 45.9 Å². The summed E-state index contributed by atoms with van der Waals surface area (Å²) in [6, 6.07) is 1.79. The number of piperazine rings is 1. The number of likely N-dealkylation sites (tertiary alicyclic amines) is 1. The topological polar surface area (TPSA) is 152 Å². The molecular weight excluding hydrogens is 643 g/mol. The van der Waals surface area contributed by atoms with Gasteiger partial charge in [-0.3, -0.25) is 19.3 Å². The van der Waals surface area contributed by atoms with Gasteiger partial charge in [0.05, 0.1) is 40.7 Å². The molecule has 0 saturated carbocycles. The molecule has 0 spiro atoms. The average molecular weight is 667 g/mol. The van der Waals surface area contributed by atoms with Crippen LogP contribution in [0.2, 0.25) is 5.02 Å². The highest BCUT2D eigenvalue weighted by Crippen LogP contribution is 2.38. The Hall–Kier alpha value is -4.77. The fourth-order valence-corrected chi connectivity index (χ4v) is 6.22. The molecule has 2 aliphatic rings. The number of carbonyl (C=O) groups is 2. The molecule has 2 amide bonds. The van der Waals surface area contributed by atoms with Gasteiger partial charge in [0, 0.05) is 55.6 Å². The molecule has 242 valence electrons. The van der Waals surface area contributed by atoms with Crippen LogP contribution in [-0.4, -0.2) is 78.8 Å². The van der Waals surface area contributed by atoms with Crippen LogP contribution < -0.4 is 21.5 Å². The summed E-state index contributed by atoms with van der Waals surface area (Å²) in [6.07, 6.45) is -0.133. The second-order valence-electron chi connectivity index (χ2n) is 11.2. The Balaban J connectivity index is 1.28. The normalized spacial score (nSPS) is 18.1. The Kier molecular flexibility index (Phi) is 7.63. The molecule has 2 atom stereocenters. The second kappa shape index (κ2) is 11.2. The number of anilines is 2. The van der Waals surface area contributed by atoms with E-state index in [1.165, 1.54) is 35.0 Å². The minimum Gasteiger partial charge on any atom is -0.504 e. The average Bonchev–Trinajstić information content (AvgIpc) is 3.67. The van der Waals surface area contributed by atoms with Gasteiger partial charge in [-0.2, -0.15) is 17.6 Å². The predicted octanol–water partition coefficient (Wildman–Crippen LogP) is 3.00. The van der Waals surface area contributed by atoms with E-state index in [4.69, 9.17) is 17.3 Å². The molecule has 6 rings (SSSR count). The van der Waals surface area contributed by atoms with Crippen molar-refractivity contribution in [2.75, 3.05) is 29.9 Å². The maximum absolute atomic E-state index is 15.1. The lowest BCUT2D eigenvalue weighted by molar-refractivity contribution is -0.148. The second-order valence-corrected chi connectivity index (χ2v) is 11.6. The van der Waals surface area contributed by atoms with E-state index in [0.717, 1.165) is 17.0 Å². The largest absolute Gasteiger partial charge is 0.504 e. The highest BCUT2D eigenvalue weighted by atomic mass is 35.5. The maximum Gasteiger partial charge on any atom is 0.401 e. The third kappa shape index (κ3) is 5.49. The SMILES string of the molecule is Cn1cnc2c(c(-c3cc(C(N)=O)c(O)c(F)c3F)cn2CC(=O)Nc2cc(N3CC4CC3CN4CC(F)(F)F)ncc2Cl)c1=O. The summed E-state index contributed by atoms with van der Waals surface area (Å²) >= 11 is 6.30. The smallest absolute Gasteiger partial charge is 0.401 e. The molecule has 0 aliphatic carbocycles. The lowest BCUT2D eigenvalue weighted by atomic mass is 10.0. The number of nitrogens with one attached hydrogen (secondary N) is 1. The standard InChI is InChI=1S/C28H24ClF5N8O4/c1-39-11-37-26-21(27(39)46)16(14-3-15(25(35)45)24(44)23(31)22(14)30)8-40(26)9-20(43)38-18-4-19(36-5-17(18)29)42-7-12-2-13(42)6-41(12)10-28(32,33)34/h3-5,8,11-13,44H,2,6-7,9-10H2,1H3,(H2,35,45)(H,36,38,43). The molecule has 5 heterocycles. The molecule has 4 N–H and O–H groups in total. The quantitative estimate of drug-likeness (QED) is 0.255. The number of halogens is 6. The first-order valence-corrected chi connectivity index (χ1v) is 14.1. The van der Waals surface area contributed by atoms with Crippen LogP contribution in [0.4, 0.5) is 33.5 Å². The van der Waals surface area contributed by atoms with E-state index in [9.17, 15) is 37.1 Å². The summed E-state index contributed by atoms with van der Waals surface area (Å²) in [5, 5.41) is 12.4. The van der Waals surface area contributed by atoms with Crippen molar-refractivity contribution < 1.29 is 36.6 Å². The molecule has 2 unspecified atom stereocenters. The number of alkyl halides is 3. The maximum atomic E-state index is 15.1. The van der Waals surface area contributed by atoms with Gasteiger partial charge in [0.2, 0.25) is 11.7 Å². The number of hydrogen-bond donors (Lipinski definition) is 3. The van der Waals surface area contributed by atoms with Crippen molar-refractivity contribution in [1.82, 2.24) is 24.0 Å². The van der Waals surface area contributed by atoms with E-state index >= 15 is 4.39 Å². The monoisotopic (exact) mass is 666 g/mol. The summed E-state index contributed by atoms with van der Waals surface area (Å²) in [5.41, 5.74) is 3.10. The van der Waals surface area contributed by atoms with Crippen LogP contribution in [0.15, 0.2) is 35.6 Å². The van der Waals surface area contributed by atoms with Crippen molar-refractivity contribution in [1.29, 1.82) is 0 Å². The Morgan fingerprint density at radius 1 is 1.13 bits per heavy atom. The van der Waals surface area contributed by atoms with Crippen molar-refractivity contribution >= 4 is 46.0 Å². The van der Waals surface area contributed by atoms with Gasteiger partial charge in [-0.25, -0.2) is 14.4 Å². The number of benzene rings is 1. The van der Waals surface area contributed by atoms with E-state index in [0.29, 0.717) is 18.8 Å². The van der Waals surface area contributed by atoms with Gasteiger partial charge in [-0.1, -0.05) is 11.6 Å². The Morgan fingerprint density at radius 3 is 2.52 bits per heavy atom. The van der Waals surface area contributed by atoms with Gasteiger partial charge in [0.1, 0.15) is 18.0 Å². The molecule has 46 heavy (non-hydrogen) atoms. The Morgan fingerprint density at radius 2 is 1.87 bits per heavy atom. The van der Waals surface area contributed by atoms with Crippen LogP contribution in [0, 0.1) is 11.6 Å². The number of nitrogens with zero attached hydrogens (tertiary/aromatic N) is 6. The zero-order chi connectivity index (χ0) is 33.2. The van der Waals surface area contributed by atoms with Crippen LogP contribution in [0.3, 0.4) is 0 Å². The molecule has 2 bridgehead atoms. The number of primary amides is 1. The van der Waals surface area contributed by atoms with Gasteiger partial charge >= 0.3 is 6.18 Å². The third-order valence-electron chi connectivity index (χ3n) is 8.13. The third-order valence-corrected chi connectivity index (χ3v) is 8.43. The molecule has 0 radical (unpaired) electrons. The van der Waals surface area contributed by atoms with Crippen molar-refractivity contribution in [2.45, 2.75) is 31.2 Å². The van der Waals surface area contributed by atoms with Crippen molar-refractivity contribution in [3.05, 3.63) is 63.4 Å². The zero-order valence-electron chi connectivity index (χ0n) is 23.8. The summed E-state index contributed by atoms with van der Waals surface area (Å²) in [6.45, 7) is -0.962. The number of pyridine rings is 1. The van der Waals surface area contributed by atoms with Gasteiger partial charge < -0.3 is 30.2 Å². The number of amides is 2. The van der Waals surface area contributed by atoms with Crippen LogP contribution in [0.1, 0.15) is 16.8 Å². The van der Waals surface area contributed by atoms with Crippen LogP contribution in [0.5, 0.6) is 5.75 Å². The summed E-state index contributed by atoms with van der Waals surface area (Å²) in [7, 11) is 1.37. The highest BCUT2D eigenvalue weighted by Gasteiger charge is 2.47. The van der Waals surface area contributed by atoms with Gasteiger partial charge in [0.25, 0.3) is 11.5 Å². The first kappa shape index (κ1) is 31.2. The predicted molar refractivity (Wildman–Crippen MR) is 156 cm³/mol. The van der Waals surface area contributed by atoms with E-state index < -0.39 is 65.2 Å². The molecule has 18 heteroatoms. The van der Waals surface area contributed by atoms with Crippen LogP contribution >= 0.6 is 11.6 Å². The fraction of sp³-hybridized carbons (Fsp3) is 0.321. The molecule has 2 fully saturated rings. The van der Waals surface area contributed by atoms with Crippen molar-refractivity contribution in [2.24, 2.45) is 12.8 Å². The number of rotatable bonds is 7. The number of nitrogens with two attached hydrogens (primary N) is 1. The van der Waals surface area contributed by atoms with Crippen molar-refractivity contribution in [3.63, 3.8) is 0 Å². The lowest BCUT2D eigenvalue weighted by Gasteiger charge is -2.35. The number of phenols is 1. The van der Waals surface area contributed by atoms with E-state index in [1.807, 2.05) is 4.90 Å². The Labute approximate surface area is 260 Å². The summed E-state index contributed by atoms with van der Waals surface area (Å²) in [4.78, 5) is 49.9. The lowest BCUT2D eigenvalue weighted by Crippen LogP contribution is -2.49. The minimum atomic E-state index is -4.31. The molecule has 2 aliphatic heterocycles. The van der Waals surface area contributed by atoms with Crippen molar-refractivity contribution in [3.8, 4) is 16.9 Å². The molecular formula is C28H24ClF5N8O4.